The van der Waals surface area contributed by atoms with Crippen molar-refractivity contribution in [3.63, 3.8) is 0 Å². The molecule has 1 fully saturated rings. The fourth-order valence-electron chi connectivity index (χ4n) is 2.26. The molecule has 2 rings (SSSR count). The molecule has 0 saturated carbocycles. The van der Waals surface area contributed by atoms with Gasteiger partial charge in [-0.05, 0) is 13.0 Å². The van der Waals surface area contributed by atoms with Crippen LogP contribution in [0.25, 0.3) is 0 Å². The van der Waals surface area contributed by atoms with Crippen LogP contribution in [-0.2, 0) is 19.1 Å². The number of ether oxygens (including phenoxy) is 1. The average molecular weight is 520 g/mol. The van der Waals surface area contributed by atoms with Crippen molar-refractivity contribution >= 4 is 29.7 Å². The van der Waals surface area contributed by atoms with Crippen molar-refractivity contribution in [1.29, 1.82) is 0 Å². The van der Waals surface area contributed by atoms with Crippen LogP contribution in [0.2, 0.25) is 0 Å². The third-order valence-corrected chi connectivity index (χ3v) is 3.84. The Balaban J connectivity index is 0.000000680. The molecule has 1 aromatic rings. The summed E-state index contributed by atoms with van der Waals surface area (Å²) in [6, 6.07) is 1.86. The van der Waals surface area contributed by atoms with E-state index in [1.54, 1.807) is 13.1 Å². The number of alkyl halides is 6. The lowest BCUT2D eigenvalue weighted by Crippen LogP contribution is -2.68. The van der Waals surface area contributed by atoms with Gasteiger partial charge in [0.15, 0.2) is 11.9 Å². The number of quaternary nitrogens is 1. The van der Waals surface area contributed by atoms with Gasteiger partial charge < -0.3 is 29.4 Å². The maximum absolute atomic E-state index is 11.0. The van der Waals surface area contributed by atoms with Crippen LogP contribution in [-0.4, -0.2) is 76.9 Å². The number of hydrogen-bond donors (Lipinski definition) is 2. The third-order valence-electron chi connectivity index (χ3n) is 3.84. The second-order valence-corrected chi connectivity index (χ2v) is 6.56. The second kappa shape index (κ2) is 13.3. The van der Waals surface area contributed by atoms with E-state index in [0.717, 1.165) is 32.0 Å². The number of hydrogen-bond acceptors (Lipinski definition) is 9. The third kappa shape index (κ3) is 12.4. The van der Waals surface area contributed by atoms with Gasteiger partial charge in [0.05, 0.1) is 13.1 Å². The summed E-state index contributed by atoms with van der Waals surface area (Å²) in [4.78, 5) is 39.4. The van der Waals surface area contributed by atoms with Gasteiger partial charge in [0.1, 0.15) is 30.8 Å². The topological polar surface area (TPSA) is 192 Å². The zero-order valence-corrected chi connectivity index (χ0v) is 18.4. The van der Waals surface area contributed by atoms with E-state index in [1.165, 1.54) is 6.92 Å². The normalized spacial score (nSPS) is 14.4. The molecule has 0 amide bonds. The van der Waals surface area contributed by atoms with Crippen molar-refractivity contribution in [2.24, 2.45) is 5.73 Å². The van der Waals surface area contributed by atoms with Crippen LogP contribution in [0.15, 0.2) is 12.3 Å². The Labute approximate surface area is 193 Å². The molecule has 1 aromatic heterocycles. The van der Waals surface area contributed by atoms with Crippen LogP contribution in [0.3, 0.4) is 0 Å². The fourth-order valence-corrected chi connectivity index (χ4v) is 2.26. The molecule has 18 heteroatoms. The summed E-state index contributed by atoms with van der Waals surface area (Å²) in [6.45, 7) is 6.39. The first kappa shape index (κ1) is 31.3. The molecule has 0 aromatic carbocycles. The van der Waals surface area contributed by atoms with E-state index in [0.29, 0.717) is 11.8 Å². The molecule has 0 bridgehead atoms. The summed E-state index contributed by atoms with van der Waals surface area (Å²) in [7, 11) is 0. The number of carbonyl (C=O) groups excluding carboxylic acids is 3. The summed E-state index contributed by atoms with van der Waals surface area (Å²) in [5.74, 6) is -4.41. The number of guanidine groups is 1. The maximum Gasteiger partial charge on any atom is 0.436 e. The molecule has 12 nitrogen and oxygen atoms in total. The summed E-state index contributed by atoms with van der Waals surface area (Å²) in [6.07, 6.45) is -9.15. The molecule has 1 aliphatic heterocycles. The smallest absolute Gasteiger partial charge is 0.436 e. The van der Waals surface area contributed by atoms with Gasteiger partial charge in [-0.1, -0.05) is 0 Å². The number of nitrogens with zero attached hydrogens (tertiary/aromatic N) is 4. The van der Waals surface area contributed by atoms with E-state index in [2.05, 4.69) is 20.6 Å². The Bertz CT molecular complexity index is 886. The predicted octanol–water partition coefficient (Wildman–Crippen LogP) is -2.91. The number of esters is 1. The van der Waals surface area contributed by atoms with Crippen molar-refractivity contribution in [3.05, 3.63) is 18.1 Å². The zero-order valence-electron chi connectivity index (χ0n) is 18.4. The van der Waals surface area contributed by atoms with Crippen LogP contribution in [0.5, 0.6) is 0 Å². The van der Waals surface area contributed by atoms with Crippen molar-refractivity contribution in [2.75, 3.05) is 31.1 Å². The summed E-state index contributed by atoms with van der Waals surface area (Å²) in [5.41, 5.74) is 9.45. The van der Waals surface area contributed by atoms with Crippen molar-refractivity contribution in [2.45, 2.75) is 32.3 Å². The van der Waals surface area contributed by atoms with Gasteiger partial charge in [0.2, 0.25) is 0 Å². The number of anilines is 1. The number of aliphatic carboxylic acids is 2. The second-order valence-electron chi connectivity index (χ2n) is 6.56. The van der Waals surface area contributed by atoms with E-state index in [1.807, 2.05) is 10.6 Å². The number of carboxylic acid groups (broad SMARTS) is 2. The minimum atomic E-state index is -5.19. The number of rotatable bonds is 3. The first-order valence-corrected chi connectivity index (χ1v) is 9.37. The molecule has 198 valence electrons. The maximum atomic E-state index is 11.0. The van der Waals surface area contributed by atoms with Crippen molar-refractivity contribution < 1.29 is 66.0 Å². The molecular weight excluding hydrogens is 498 g/mol. The lowest BCUT2D eigenvalue weighted by atomic mass is 10.3. The molecule has 5 N–H and O–H groups in total. The van der Waals surface area contributed by atoms with Gasteiger partial charge >= 0.3 is 24.3 Å². The Hall–Kier alpha value is -3.70. The molecule has 0 unspecified atom stereocenters. The first-order chi connectivity index (χ1) is 15.9. The predicted molar refractivity (Wildman–Crippen MR) is 98.6 cm³/mol. The van der Waals surface area contributed by atoms with E-state index in [-0.39, 0.29) is 5.97 Å². The minimum Gasteiger partial charge on any atom is -0.542 e. The van der Waals surface area contributed by atoms with Crippen LogP contribution in [0, 0.1) is 0 Å². The van der Waals surface area contributed by atoms with Gasteiger partial charge in [0, 0.05) is 13.1 Å². The van der Waals surface area contributed by atoms with E-state index < -0.39 is 30.4 Å². The number of nitrogens with two attached hydrogens (primary N) is 1. The van der Waals surface area contributed by atoms with Gasteiger partial charge in [-0.15, -0.1) is 0 Å². The molecule has 35 heavy (non-hydrogen) atoms. The number of carboxylic acids is 2. The van der Waals surface area contributed by atoms with Crippen LogP contribution in [0.4, 0.5) is 32.2 Å². The van der Waals surface area contributed by atoms with Gasteiger partial charge in [-0.3, -0.25) is 10.5 Å². The largest absolute Gasteiger partial charge is 0.542 e. The Morgan fingerprint density at radius 1 is 1.11 bits per heavy atom. The van der Waals surface area contributed by atoms with E-state index in [4.69, 9.17) is 30.3 Å². The van der Waals surface area contributed by atoms with Crippen molar-refractivity contribution in [3.8, 4) is 0 Å². The highest BCUT2D eigenvalue weighted by Crippen LogP contribution is 2.17. The molecule has 2 heterocycles. The Kier molecular flexibility index (Phi) is 11.9. The SMILES string of the molecule is CC(=O)O[C@H](C)c1nccc(N2CC[N+](=C(N)[NH3+])CC2)n1.O=C([O-])C(F)(F)F.O=C([O-])C(F)(F)F. The first-order valence-electron chi connectivity index (χ1n) is 9.37. The molecule has 0 radical (unpaired) electrons. The van der Waals surface area contributed by atoms with Gasteiger partial charge in [-0.2, -0.15) is 26.3 Å². The summed E-state index contributed by atoms with van der Waals surface area (Å²) < 4.78 is 70.2. The van der Waals surface area contributed by atoms with Gasteiger partial charge in [-0.25, -0.2) is 20.3 Å². The lowest BCUT2D eigenvalue weighted by Gasteiger charge is -2.28. The average Bonchev–Trinajstić information content (AvgIpc) is 2.73. The minimum absolute atomic E-state index is 0.341. The molecular formula is C17H22F6N6O6. The van der Waals surface area contributed by atoms with Gasteiger partial charge in [0.25, 0.3) is 0 Å². The molecule has 1 atom stereocenters. The van der Waals surface area contributed by atoms with Crippen LogP contribution >= 0.6 is 0 Å². The van der Waals surface area contributed by atoms with Crippen molar-refractivity contribution in [1.82, 2.24) is 9.97 Å². The number of piperazine rings is 1. The molecule has 1 saturated heterocycles. The highest BCUT2D eigenvalue weighted by atomic mass is 19.4. The zero-order chi connectivity index (χ0) is 27.6. The Morgan fingerprint density at radius 3 is 1.89 bits per heavy atom. The van der Waals surface area contributed by atoms with E-state index >= 15 is 0 Å². The van der Waals surface area contributed by atoms with E-state index in [9.17, 15) is 31.1 Å². The lowest BCUT2D eigenvalue weighted by molar-refractivity contribution is -0.563. The number of carbonyl (C=O) groups is 3. The molecule has 0 spiro atoms. The van der Waals surface area contributed by atoms with Crippen LogP contribution < -0.4 is 26.6 Å². The highest BCUT2D eigenvalue weighted by molar-refractivity contribution is 5.71. The molecule has 1 aliphatic rings. The quantitative estimate of drug-likeness (QED) is 0.181. The fraction of sp³-hybridized carbons (Fsp3) is 0.529. The summed E-state index contributed by atoms with van der Waals surface area (Å²) >= 11 is 0. The summed E-state index contributed by atoms with van der Waals surface area (Å²) in [5, 5.41) is 17.6. The highest BCUT2D eigenvalue weighted by Gasteiger charge is 2.29. The Morgan fingerprint density at radius 2 is 1.54 bits per heavy atom. The number of aromatic nitrogens is 2. The standard InChI is InChI=1S/C13H20N6O2.2C2HF3O2/c1-9(21-10(2)20)12-16-4-3-11(17-12)18-5-7-19(8-6-18)13(14)15;2*3-2(4,5)1(6)7/h3-4,9H,5-8H2,1-2H3,(H3,14,15);2*(H,6,7)/t9-;;/m1../s1. The monoisotopic (exact) mass is 520 g/mol. The van der Waals surface area contributed by atoms with Crippen LogP contribution in [0.1, 0.15) is 25.8 Å². The molecule has 0 aliphatic carbocycles. The number of halogens is 6.